The van der Waals surface area contributed by atoms with Gasteiger partial charge in [-0.3, -0.25) is 29.7 Å². The van der Waals surface area contributed by atoms with Crippen LogP contribution in [-0.4, -0.2) is 125 Å². The first kappa shape index (κ1) is 41.7. The van der Waals surface area contributed by atoms with Crippen LogP contribution in [0.4, 0.5) is 9.59 Å². The molecule has 0 saturated heterocycles. The molecular formula is C20H46N8O10S2. The van der Waals surface area contributed by atoms with Gasteiger partial charge in [-0.05, 0) is 26.7 Å². The lowest BCUT2D eigenvalue weighted by atomic mass is 10.2. The second kappa shape index (κ2) is 24.1. The average molecular weight is 623 g/mol. The molecule has 0 heterocycles. The van der Waals surface area contributed by atoms with Crippen LogP contribution in [0.2, 0.25) is 0 Å². The third kappa shape index (κ3) is 35.2. The minimum absolute atomic E-state index is 0.310. The smallest absolute Gasteiger partial charge is 0.324 e. The van der Waals surface area contributed by atoms with E-state index in [2.05, 4.69) is 10.6 Å². The summed E-state index contributed by atoms with van der Waals surface area (Å²) in [6.07, 6.45) is 4.28. The SMILES string of the molecule is CCOCCNC(=O)N(CCCCCCN(C(=N)N)C(=O)NCCOCC)C(=N)N.CS(=O)(=O)O.CS(=O)(=O)O. The second-order valence-corrected chi connectivity index (χ2v) is 10.7. The molecule has 0 fully saturated rings. The number of hydrogen-bond donors (Lipinski definition) is 8. The fraction of sp³-hybridized carbons (Fsp3) is 0.800. The summed E-state index contributed by atoms with van der Waals surface area (Å²) in [4.78, 5) is 26.5. The third-order valence-corrected chi connectivity index (χ3v) is 4.04. The molecule has 0 radical (unpaired) electrons. The molecule has 0 unspecified atom stereocenters. The summed E-state index contributed by atoms with van der Waals surface area (Å²) in [6, 6.07) is -0.845. The van der Waals surface area contributed by atoms with Crippen molar-refractivity contribution >= 4 is 44.2 Å². The molecule has 238 valence electrons. The maximum absolute atomic E-state index is 12.1. The monoisotopic (exact) mass is 622 g/mol. The van der Waals surface area contributed by atoms with Gasteiger partial charge in [0.2, 0.25) is 0 Å². The third-order valence-electron chi connectivity index (χ3n) is 4.04. The normalized spacial score (nSPS) is 10.7. The standard InChI is InChI=1S/C18H38N8O4.2CH4O3S/c1-3-29-13-9-23-17(27)25(15(19)20)11-7-5-6-8-12-26(16(21)22)18(28)24-10-14-30-4-2;2*1-5(2,3)4/h3-14H2,1-2H3,(H3,19,20)(H3,21,22)(H,23,27)(H,24,28);2*1H3,(H,2,3,4). The summed E-state index contributed by atoms with van der Waals surface area (Å²) < 4.78 is 62.0. The minimum atomic E-state index is -3.67. The number of unbranched alkanes of at least 4 members (excludes halogenated alkanes) is 3. The van der Waals surface area contributed by atoms with Crippen molar-refractivity contribution in [3.63, 3.8) is 0 Å². The number of urea groups is 2. The molecule has 0 aliphatic rings. The molecular weight excluding hydrogens is 576 g/mol. The van der Waals surface area contributed by atoms with E-state index in [1.807, 2.05) is 13.8 Å². The predicted molar refractivity (Wildman–Crippen MR) is 150 cm³/mol. The fourth-order valence-electron chi connectivity index (χ4n) is 2.50. The highest BCUT2D eigenvalue weighted by molar-refractivity contribution is 7.85. The van der Waals surface area contributed by atoms with Gasteiger partial charge in [-0.15, -0.1) is 0 Å². The summed E-state index contributed by atoms with van der Waals surface area (Å²) in [5.41, 5.74) is 11.0. The molecule has 0 rings (SSSR count). The number of rotatable bonds is 15. The van der Waals surface area contributed by atoms with Gasteiger partial charge in [0.15, 0.2) is 11.9 Å². The van der Waals surface area contributed by atoms with E-state index >= 15 is 0 Å². The van der Waals surface area contributed by atoms with Gasteiger partial charge in [-0.2, -0.15) is 16.8 Å². The molecule has 0 aromatic carbocycles. The maximum atomic E-state index is 12.1. The Morgan fingerprint density at radius 3 is 1.23 bits per heavy atom. The highest BCUT2D eigenvalue weighted by atomic mass is 32.2. The van der Waals surface area contributed by atoms with E-state index in [-0.39, 0.29) is 11.9 Å². The van der Waals surface area contributed by atoms with Crippen LogP contribution < -0.4 is 22.1 Å². The Bertz CT molecular complexity index is 857. The van der Waals surface area contributed by atoms with E-state index in [0.29, 0.717) is 78.0 Å². The molecule has 0 atom stereocenters. The van der Waals surface area contributed by atoms with Gasteiger partial charge < -0.3 is 31.6 Å². The van der Waals surface area contributed by atoms with Gasteiger partial charge in [0, 0.05) is 39.4 Å². The molecule has 0 aromatic heterocycles. The van der Waals surface area contributed by atoms with Crippen LogP contribution in [0.1, 0.15) is 39.5 Å². The number of nitrogens with two attached hydrogens (primary N) is 2. The summed E-state index contributed by atoms with van der Waals surface area (Å²) in [6.45, 7) is 7.04. The Hall–Kier alpha value is -2.78. The van der Waals surface area contributed by atoms with E-state index in [1.165, 1.54) is 9.80 Å². The number of carbonyl (C=O) groups excluding carboxylic acids is 2. The van der Waals surface area contributed by atoms with Crippen LogP contribution in [0, 0.1) is 10.8 Å². The van der Waals surface area contributed by atoms with Gasteiger partial charge in [0.05, 0.1) is 25.7 Å². The Morgan fingerprint density at radius 1 is 0.725 bits per heavy atom. The lowest BCUT2D eigenvalue weighted by molar-refractivity contribution is 0.147. The number of hydrogen-bond acceptors (Lipinski definition) is 10. The molecule has 0 aromatic rings. The van der Waals surface area contributed by atoms with Crippen LogP contribution in [0.3, 0.4) is 0 Å². The van der Waals surface area contributed by atoms with Gasteiger partial charge in [-0.25, -0.2) is 9.59 Å². The fourth-order valence-corrected chi connectivity index (χ4v) is 2.50. The molecule has 18 nitrogen and oxygen atoms in total. The van der Waals surface area contributed by atoms with E-state index in [9.17, 15) is 26.4 Å². The van der Waals surface area contributed by atoms with E-state index in [1.54, 1.807) is 0 Å². The van der Waals surface area contributed by atoms with E-state index in [0.717, 1.165) is 12.8 Å². The highest BCUT2D eigenvalue weighted by Gasteiger charge is 2.17. The molecule has 4 amide bonds. The van der Waals surface area contributed by atoms with Crippen LogP contribution in [0.25, 0.3) is 0 Å². The number of nitrogens with one attached hydrogen (secondary N) is 4. The molecule has 0 aliphatic carbocycles. The first-order valence-electron chi connectivity index (χ1n) is 12.1. The Balaban J connectivity index is -0.00000116. The molecule has 10 N–H and O–H groups in total. The Labute approximate surface area is 236 Å². The quantitative estimate of drug-likeness (QED) is 0.0493. The van der Waals surface area contributed by atoms with Crippen molar-refractivity contribution in [1.82, 2.24) is 20.4 Å². The zero-order valence-electron chi connectivity index (χ0n) is 23.5. The van der Waals surface area contributed by atoms with E-state index in [4.69, 9.17) is 40.9 Å². The second-order valence-electron chi connectivity index (χ2n) is 7.81. The summed E-state index contributed by atoms with van der Waals surface area (Å²) >= 11 is 0. The van der Waals surface area contributed by atoms with E-state index < -0.39 is 32.3 Å². The number of amides is 4. The predicted octanol–water partition coefficient (Wildman–Crippen LogP) is -0.562. The van der Waals surface area contributed by atoms with Crippen LogP contribution in [-0.2, 0) is 29.7 Å². The molecule has 40 heavy (non-hydrogen) atoms. The lowest BCUT2D eigenvalue weighted by Crippen LogP contribution is -2.48. The van der Waals surface area contributed by atoms with Gasteiger partial charge in [0.1, 0.15) is 0 Å². The minimum Gasteiger partial charge on any atom is -0.380 e. The van der Waals surface area contributed by atoms with Crippen molar-refractivity contribution in [3.8, 4) is 0 Å². The molecule has 0 saturated carbocycles. The molecule has 0 aliphatic heterocycles. The molecule has 0 bridgehead atoms. The number of ether oxygens (including phenoxy) is 2. The first-order chi connectivity index (χ1) is 18.3. The zero-order chi connectivity index (χ0) is 31.8. The average Bonchev–Trinajstić information content (AvgIpc) is 2.78. The number of nitrogens with zero attached hydrogens (tertiary/aromatic N) is 2. The van der Waals surface area contributed by atoms with Gasteiger partial charge in [-0.1, -0.05) is 12.8 Å². The number of carbonyl (C=O) groups is 2. The van der Waals surface area contributed by atoms with Crippen LogP contribution in [0.5, 0.6) is 0 Å². The van der Waals surface area contributed by atoms with Gasteiger partial charge >= 0.3 is 12.1 Å². The van der Waals surface area contributed by atoms with Crippen molar-refractivity contribution < 1.29 is 45.0 Å². The topological polar surface area (TPSA) is 292 Å². The Kier molecular flexibility index (Phi) is 25.1. The van der Waals surface area contributed by atoms with Crippen molar-refractivity contribution in [2.75, 3.05) is 65.1 Å². The number of guanidine groups is 2. The highest BCUT2D eigenvalue weighted by Crippen LogP contribution is 2.04. The molecule has 20 heteroatoms. The summed E-state index contributed by atoms with van der Waals surface area (Å²) in [5.74, 6) is -0.620. The van der Waals surface area contributed by atoms with Crippen molar-refractivity contribution in [2.45, 2.75) is 39.5 Å². The van der Waals surface area contributed by atoms with Gasteiger partial charge in [0.25, 0.3) is 20.2 Å². The van der Waals surface area contributed by atoms with Crippen LogP contribution in [0.15, 0.2) is 0 Å². The van der Waals surface area contributed by atoms with Crippen molar-refractivity contribution in [1.29, 1.82) is 10.8 Å². The first-order valence-corrected chi connectivity index (χ1v) is 15.8. The summed E-state index contributed by atoms with van der Waals surface area (Å²) in [5, 5.41) is 20.4. The lowest BCUT2D eigenvalue weighted by Gasteiger charge is -2.22. The maximum Gasteiger partial charge on any atom is 0.324 e. The largest absolute Gasteiger partial charge is 0.380 e. The molecule has 0 spiro atoms. The summed E-state index contributed by atoms with van der Waals surface area (Å²) in [7, 11) is -7.33. The van der Waals surface area contributed by atoms with Crippen molar-refractivity contribution in [3.05, 3.63) is 0 Å². The zero-order valence-corrected chi connectivity index (χ0v) is 25.1. The van der Waals surface area contributed by atoms with Crippen LogP contribution >= 0.6 is 0 Å². The Morgan fingerprint density at radius 2 is 1.00 bits per heavy atom. The van der Waals surface area contributed by atoms with Crippen molar-refractivity contribution in [2.24, 2.45) is 11.5 Å².